The van der Waals surface area contributed by atoms with E-state index in [2.05, 4.69) is 10.6 Å². The molecule has 4 rings (SSSR count). The van der Waals surface area contributed by atoms with Crippen LogP contribution in [0.3, 0.4) is 0 Å². The summed E-state index contributed by atoms with van der Waals surface area (Å²) >= 11 is 0. The van der Waals surface area contributed by atoms with Crippen molar-refractivity contribution in [3.05, 3.63) is 48.0 Å². The molecule has 2 N–H and O–H groups in total. The second-order valence-electron chi connectivity index (χ2n) is 8.47. The van der Waals surface area contributed by atoms with Gasteiger partial charge in [0.2, 0.25) is 11.8 Å². The summed E-state index contributed by atoms with van der Waals surface area (Å²) in [6, 6.07) is 12.3. The van der Waals surface area contributed by atoms with E-state index in [0.29, 0.717) is 28.4 Å². The summed E-state index contributed by atoms with van der Waals surface area (Å²) in [5.74, 6) is 0.175. The maximum Gasteiger partial charge on any atom is 0.251 e. The highest BCUT2D eigenvalue weighted by atomic mass is 16.5. The smallest absolute Gasteiger partial charge is 0.251 e. The van der Waals surface area contributed by atoms with E-state index in [1.165, 1.54) is 7.11 Å². The summed E-state index contributed by atoms with van der Waals surface area (Å²) in [6.07, 6.45) is 4.49. The SMILES string of the molecule is COc1ccc(N2CC(C(=O)Nc3ccc(C(=O)NC4CCCC4)cc3)CC2=O)cc1OC. The second kappa shape index (κ2) is 9.94. The van der Waals surface area contributed by atoms with Crippen molar-refractivity contribution < 1.29 is 23.9 Å². The Bertz CT molecular complexity index is 1030. The Kier molecular flexibility index (Phi) is 6.82. The number of hydrogen-bond donors (Lipinski definition) is 2. The number of rotatable bonds is 7. The predicted molar refractivity (Wildman–Crippen MR) is 125 cm³/mol. The number of methoxy groups -OCH3 is 2. The van der Waals surface area contributed by atoms with Gasteiger partial charge in [0, 0.05) is 42.0 Å². The third-order valence-corrected chi connectivity index (χ3v) is 6.28. The van der Waals surface area contributed by atoms with Crippen molar-refractivity contribution in [2.45, 2.75) is 38.1 Å². The summed E-state index contributed by atoms with van der Waals surface area (Å²) < 4.78 is 10.6. The molecule has 3 amide bonds. The molecule has 1 aliphatic carbocycles. The van der Waals surface area contributed by atoms with Gasteiger partial charge in [-0.3, -0.25) is 14.4 Å². The van der Waals surface area contributed by atoms with Gasteiger partial charge in [0.05, 0.1) is 20.1 Å². The van der Waals surface area contributed by atoms with E-state index in [0.717, 1.165) is 25.7 Å². The van der Waals surface area contributed by atoms with Crippen molar-refractivity contribution in [2.24, 2.45) is 5.92 Å². The zero-order chi connectivity index (χ0) is 23.4. The highest BCUT2D eigenvalue weighted by molar-refractivity contribution is 6.04. The number of hydrogen-bond acceptors (Lipinski definition) is 5. The van der Waals surface area contributed by atoms with Crippen molar-refractivity contribution in [1.82, 2.24) is 5.32 Å². The molecule has 0 aromatic heterocycles. The van der Waals surface area contributed by atoms with E-state index in [1.54, 1.807) is 54.5 Å². The van der Waals surface area contributed by atoms with Crippen molar-refractivity contribution in [1.29, 1.82) is 0 Å². The number of nitrogens with one attached hydrogen (secondary N) is 2. The van der Waals surface area contributed by atoms with Gasteiger partial charge in [-0.25, -0.2) is 0 Å². The number of nitrogens with zero attached hydrogens (tertiary/aromatic N) is 1. The lowest BCUT2D eigenvalue weighted by Crippen LogP contribution is -2.32. The number of amides is 3. The summed E-state index contributed by atoms with van der Waals surface area (Å²) in [7, 11) is 3.08. The first-order chi connectivity index (χ1) is 16.0. The number of ether oxygens (including phenoxy) is 2. The Morgan fingerprint density at radius 2 is 1.67 bits per heavy atom. The molecular formula is C25H29N3O5. The largest absolute Gasteiger partial charge is 0.493 e. The lowest BCUT2D eigenvalue weighted by atomic mass is 10.1. The van der Waals surface area contributed by atoms with Crippen LogP contribution in [0.4, 0.5) is 11.4 Å². The first-order valence-corrected chi connectivity index (χ1v) is 11.2. The Morgan fingerprint density at radius 1 is 0.970 bits per heavy atom. The third kappa shape index (κ3) is 5.10. The lowest BCUT2D eigenvalue weighted by molar-refractivity contribution is -0.122. The highest BCUT2D eigenvalue weighted by Crippen LogP contribution is 2.34. The highest BCUT2D eigenvalue weighted by Gasteiger charge is 2.35. The van der Waals surface area contributed by atoms with Gasteiger partial charge in [0.1, 0.15) is 0 Å². The first kappa shape index (κ1) is 22.6. The summed E-state index contributed by atoms with van der Waals surface area (Å²) in [4.78, 5) is 39.3. The van der Waals surface area contributed by atoms with Crippen LogP contribution in [0.1, 0.15) is 42.5 Å². The summed E-state index contributed by atoms with van der Waals surface area (Å²) in [5, 5.41) is 5.92. The molecule has 0 bridgehead atoms. The molecule has 0 spiro atoms. The normalized spacial score (nSPS) is 18.3. The first-order valence-electron chi connectivity index (χ1n) is 11.2. The minimum absolute atomic E-state index is 0.0910. The van der Waals surface area contributed by atoms with E-state index in [-0.39, 0.29) is 36.7 Å². The lowest BCUT2D eigenvalue weighted by Gasteiger charge is -2.18. The number of anilines is 2. The molecule has 0 radical (unpaired) electrons. The number of benzene rings is 2. The van der Waals surface area contributed by atoms with Crippen LogP contribution in [0.25, 0.3) is 0 Å². The van der Waals surface area contributed by atoms with Gasteiger partial charge >= 0.3 is 0 Å². The van der Waals surface area contributed by atoms with E-state index < -0.39 is 5.92 Å². The van der Waals surface area contributed by atoms with Crippen molar-refractivity contribution in [2.75, 3.05) is 31.0 Å². The fourth-order valence-corrected chi connectivity index (χ4v) is 4.41. The minimum atomic E-state index is -0.476. The Morgan fingerprint density at radius 3 is 2.33 bits per heavy atom. The van der Waals surface area contributed by atoms with Gasteiger partial charge in [-0.15, -0.1) is 0 Å². The maximum atomic E-state index is 12.8. The number of carbonyl (C=O) groups excluding carboxylic acids is 3. The topological polar surface area (TPSA) is 97.0 Å². The van der Waals surface area contributed by atoms with E-state index >= 15 is 0 Å². The maximum absolute atomic E-state index is 12.8. The Hall–Kier alpha value is -3.55. The average Bonchev–Trinajstić information content (AvgIpc) is 3.48. The zero-order valence-electron chi connectivity index (χ0n) is 18.9. The van der Waals surface area contributed by atoms with Gasteiger partial charge in [0.15, 0.2) is 11.5 Å². The van der Waals surface area contributed by atoms with Crippen LogP contribution < -0.4 is 25.0 Å². The predicted octanol–water partition coefficient (Wildman–Crippen LogP) is 3.37. The van der Waals surface area contributed by atoms with Gasteiger partial charge in [0.25, 0.3) is 5.91 Å². The van der Waals surface area contributed by atoms with Crippen molar-refractivity contribution in [3.63, 3.8) is 0 Å². The Balaban J connectivity index is 1.36. The van der Waals surface area contributed by atoms with Gasteiger partial charge in [-0.2, -0.15) is 0 Å². The third-order valence-electron chi connectivity index (χ3n) is 6.28. The molecule has 1 saturated heterocycles. The molecule has 8 nitrogen and oxygen atoms in total. The molecule has 2 aromatic carbocycles. The molecule has 1 atom stereocenters. The molecule has 174 valence electrons. The molecule has 2 fully saturated rings. The monoisotopic (exact) mass is 451 g/mol. The molecule has 1 unspecified atom stereocenters. The molecule has 2 aromatic rings. The van der Waals surface area contributed by atoms with E-state index in [4.69, 9.17) is 9.47 Å². The van der Waals surface area contributed by atoms with Crippen LogP contribution in [-0.2, 0) is 9.59 Å². The molecule has 8 heteroatoms. The van der Waals surface area contributed by atoms with Crippen LogP contribution in [0.5, 0.6) is 11.5 Å². The van der Waals surface area contributed by atoms with Crippen LogP contribution in [0.15, 0.2) is 42.5 Å². The van der Waals surface area contributed by atoms with E-state index in [1.807, 2.05) is 0 Å². The van der Waals surface area contributed by atoms with Gasteiger partial charge in [-0.05, 0) is 49.2 Å². The molecule has 1 heterocycles. The quantitative estimate of drug-likeness (QED) is 0.673. The fraction of sp³-hybridized carbons (Fsp3) is 0.400. The van der Waals surface area contributed by atoms with Crippen molar-refractivity contribution in [3.8, 4) is 11.5 Å². The van der Waals surface area contributed by atoms with Crippen LogP contribution in [0.2, 0.25) is 0 Å². The second-order valence-corrected chi connectivity index (χ2v) is 8.47. The van der Waals surface area contributed by atoms with Gasteiger partial charge < -0.3 is 25.0 Å². The zero-order valence-corrected chi connectivity index (χ0v) is 18.9. The van der Waals surface area contributed by atoms with Gasteiger partial charge in [-0.1, -0.05) is 12.8 Å². The van der Waals surface area contributed by atoms with E-state index in [9.17, 15) is 14.4 Å². The van der Waals surface area contributed by atoms with Crippen LogP contribution in [-0.4, -0.2) is 44.5 Å². The van der Waals surface area contributed by atoms with Crippen molar-refractivity contribution >= 4 is 29.1 Å². The Labute approximate surface area is 193 Å². The molecule has 1 saturated carbocycles. The number of carbonyl (C=O) groups is 3. The summed E-state index contributed by atoms with van der Waals surface area (Å²) in [6.45, 7) is 0.280. The molecular weight excluding hydrogens is 422 g/mol. The molecule has 2 aliphatic rings. The fourth-order valence-electron chi connectivity index (χ4n) is 4.41. The average molecular weight is 452 g/mol. The summed E-state index contributed by atoms with van der Waals surface area (Å²) in [5.41, 5.74) is 1.82. The molecule has 1 aliphatic heterocycles. The minimum Gasteiger partial charge on any atom is -0.493 e. The van der Waals surface area contributed by atoms with Crippen LogP contribution >= 0.6 is 0 Å². The van der Waals surface area contributed by atoms with Crippen LogP contribution in [0, 0.1) is 5.92 Å². The molecule has 33 heavy (non-hydrogen) atoms. The standard InChI is InChI=1S/C25H29N3O5/c1-32-21-12-11-20(14-22(21)33-2)28-15-17(13-23(28)29)25(31)27-19-9-7-16(8-10-19)24(30)26-18-5-3-4-6-18/h7-12,14,17-18H,3-6,13,15H2,1-2H3,(H,26,30)(H,27,31).